The van der Waals surface area contributed by atoms with Gasteiger partial charge in [-0.25, -0.2) is 0 Å². The Labute approximate surface area is 185 Å². The van der Waals surface area contributed by atoms with Crippen molar-refractivity contribution >= 4 is 23.6 Å². The molecule has 0 saturated carbocycles. The quantitative estimate of drug-likeness (QED) is 0.546. The van der Waals surface area contributed by atoms with E-state index < -0.39 is 6.04 Å². The van der Waals surface area contributed by atoms with Crippen LogP contribution in [0.4, 0.5) is 0 Å². The van der Waals surface area contributed by atoms with Crippen molar-refractivity contribution in [1.29, 1.82) is 0 Å². The predicted octanol–water partition coefficient (Wildman–Crippen LogP) is 4.98. The molecule has 1 atom stereocenters. The van der Waals surface area contributed by atoms with E-state index in [1.165, 1.54) is 22.9 Å². The highest BCUT2D eigenvalue weighted by atomic mass is 32.2. The van der Waals surface area contributed by atoms with Crippen molar-refractivity contribution < 1.29 is 9.59 Å². The standard InChI is InChI=1S/C25H34N2O2S/c1-6-23(25(29)26-15-18(2)3)27(16-21-11-7-19(4)8-12-21)24(28)17-30-22-13-9-20(5)10-14-22/h7-14,18,23H,6,15-17H2,1-5H3,(H,26,29). The summed E-state index contributed by atoms with van der Waals surface area (Å²) in [5, 5.41) is 3.00. The van der Waals surface area contributed by atoms with Gasteiger partial charge < -0.3 is 10.2 Å². The zero-order valence-corrected chi connectivity index (χ0v) is 19.6. The first-order valence-corrected chi connectivity index (χ1v) is 11.6. The highest BCUT2D eigenvalue weighted by molar-refractivity contribution is 8.00. The van der Waals surface area contributed by atoms with Crippen molar-refractivity contribution in [2.75, 3.05) is 12.3 Å². The number of nitrogens with zero attached hydrogens (tertiary/aromatic N) is 1. The molecule has 2 aromatic rings. The molecule has 4 nitrogen and oxygen atoms in total. The number of hydrogen-bond donors (Lipinski definition) is 1. The Morgan fingerprint density at radius 1 is 0.967 bits per heavy atom. The van der Waals surface area contributed by atoms with Crippen LogP contribution in [-0.4, -0.2) is 35.1 Å². The summed E-state index contributed by atoms with van der Waals surface area (Å²) in [5.41, 5.74) is 3.40. The second-order valence-electron chi connectivity index (χ2n) is 8.17. The van der Waals surface area contributed by atoms with Gasteiger partial charge in [-0.05, 0) is 43.9 Å². The Bertz CT molecular complexity index is 816. The van der Waals surface area contributed by atoms with Crippen molar-refractivity contribution in [2.24, 2.45) is 5.92 Å². The summed E-state index contributed by atoms with van der Waals surface area (Å²) in [6.45, 7) is 11.2. The number of carbonyl (C=O) groups is 2. The molecule has 2 amide bonds. The van der Waals surface area contributed by atoms with E-state index in [4.69, 9.17) is 0 Å². The maximum Gasteiger partial charge on any atom is 0.242 e. The molecule has 0 fully saturated rings. The molecule has 1 unspecified atom stereocenters. The zero-order chi connectivity index (χ0) is 22.1. The Kier molecular flexibility index (Phi) is 9.44. The lowest BCUT2D eigenvalue weighted by atomic mass is 10.1. The number of carbonyl (C=O) groups excluding carboxylic acids is 2. The SMILES string of the molecule is CCC(C(=O)NCC(C)C)N(Cc1ccc(C)cc1)C(=O)CSc1ccc(C)cc1. The van der Waals surface area contributed by atoms with Gasteiger partial charge in [-0.15, -0.1) is 11.8 Å². The average Bonchev–Trinajstić information content (AvgIpc) is 2.72. The molecule has 0 aromatic heterocycles. The molecular weight excluding hydrogens is 392 g/mol. The van der Waals surface area contributed by atoms with Gasteiger partial charge in [0.2, 0.25) is 11.8 Å². The number of aryl methyl sites for hydroxylation is 2. The summed E-state index contributed by atoms with van der Waals surface area (Å²) in [4.78, 5) is 28.9. The number of rotatable bonds is 10. The van der Waals surface area contributed by atoms with Crippen LogP contribution in [0, 0.1) is 19.8 Å². The maximum atomic E-state index is 13.2. The van der Waals surface area contributed by atoms with Crippen molar-refractivity contribution in [3.05, 3.63) is 65.2 Å². The lowest BCUT2D eigenvalue weighted by molar-refractivity contribution is -0.139. The Hall–Kier alpha value is -2.27. The Morgan fingerprint density at radius 3 is 2.07 bits per heavy atom. The average molecular weight is 427 g/mol. The van der Waals surface area contributed by atoms with E-state index in [2.05, 4.69) is 19.2 Å². The third-order valence-electron chi connectivity index (χ3n) is 4.93. The minimum absolute atomic E-state index is 0.0207. The highest BCUT2D eigenvalue weighted by Crippen LogP contribution is 2.21. The first-order valence-electron chi connectivity index (χ1n) is 10.6. The van der Waals surface area contributed by atoms with E-state index in [0.717, 1.165) is 10.5 Å². The van der Waals surface area contributed by atoms with Gasteiger partial charge in [0.15, 0.2) is 0 Å². The molecule has 1 N–H and O–H groups in total. The Balaban J connectivity index is 2.17. The molecule has 162 valence electrons. The van der Waals surface area contributed by atoms with Gasteiger partial charge in [0.05, 0.1) is 5.75 Å². The highest BCUT2D eigenvalue weighted by Gasteiger charge is 2.28. The molecule has 0 heterocycles. The van der Waals surface area contributed by atoms with Crippen LogP contribution >= 0.6 is 11.8 Å². The fourth-order valence-corrected chi connectivity index (χ4v) is 3.88. The molecule has 0 aliphatic heterocycles. The first kappa shape index (κ1) is 24.0. The van der Waals surface area contributed by atoms with Crippen molar-refractivity contribution in [2.45, 2.75) is 58.5 Å². The third-order valence-corrected chi connectivity index (χ3v) is 5.92. The smallest absolute Gasteiger partial charge is 0.242 e. The van der Waals surface area contributed by atoms with Crippen LogP contribution < -0.4 is 5.32 Å². The minimum Gasteiger partial charge on any atom is -0.354 e. The Morgan fingerprint density at radius 2 is 1.53 bits per heavy atom. The molecule has 0 aliphatic rings. The largest absolute Gasteiger partial charge is 0.354 e. The van der Waals surface area contributed by atoms with Gasteiger partial charge >= 0.3 is 0 Å². The second-order valence-corrected chi connectivity index (χ2v) is 9.22. The number of nitrogens with one attached hydrogen (secondary N) is 1. The fourth-order valence-electron chi connectivity index (χ4n) is 3.09. The summed E-state index contributed by atoms with van der Waals surface area (Å²) in [6, 6.07) is 15.8. The second kappa shape index (κ2) is 11.8. The number of amides is 2. The van der Waals surface area contributed by atoms with Crippen LogP contribution in [-0.2, 0) is 16.1 Å². The van der Waals surface area contributed by atoms with Gasteiger partial charge in [-0.2, -0.15) is 0 Å². The number of hydrogen-bond acceptors (Lipinski definition) is 3. The van der Waals surface area contributed by atoms with Crippen molar-refractivity contribution in [3.8, 4) is 0 Å². The van der Waals surface area contributed by atoms with Gasteiger partial charge in [0.1, 0.15) is 6.04 Å². The summed E-state index contributed by atoms with van der Waals surface area (Å²) in [6.07, 6.45) is 0.580. The normalized spacial score (nSPS) is 11.9. The summed E-state index contributed by atoms with van der Waals surface area (Å²) < 4.78 is 0. The van der Waals surface area contributed by atoms with Gasteiger partial charge in [-0.1, -0.05) is 68.3 Å². The van der Waals surface area contributed by atoms with E-state index in [0.29, 0.717) is 31.2 Å². The maximum absolute atomic E-state index is 13.2. The van der Waals surface area contributed by atoms with Gasteiger partial charge in [0.25, 0.3) is 0 Å². The fraction of sp³-hybridized carbons (Fsp3) is 0.440. The predicted molar refractivity (Wildman–Crippen MR) is 126 cm³/mol. The molecule has 0 spiro atoms. The van der Waals surface area contributed by atoms with Crippen LogP contribution in [0.15, 0.2) is 53.4 Å². The van der Waals surface area contributed by atoms with Crippen LogP contribution in [0.1, 0.15) is 43.9 Å². The van der Waals surface area contributed by atoms with Crippen molar-refractivity contribution in [3.63, 3.8) is 0 Å². The van der Waals surface area contributed by atoms with Crippen LogP contribution in [0.2, 0.25) is 0 Å². The van der Waals surface area contributed by atoms with Crippen LogP contribution in [0.5, 0.6) is 0 Å². The zero-order valence-electron chi connectivity index (χ0n) is 18.8. The topological polar surface area (TPSA) is 49.4 Å². The molecule has 2 aromatic carbocycles. The molecule has 0 radical (unpaired) electrons. The third kappa shape index (κ3) is 7.52. The van der Waals surface area contributed by atoms with E-state index in [9.17, 15) is 9.59 Å². The minimum atomic E-state index is -0.476. The monoisotopic (exact) mass is 426 g/mol. The lowest BCUT2D eigenvalue weighted by Gasteiger charge is -2.31. The number of benzene rings is 2. The lowest BCUT2D eigenvalue weighted by Crippen LogP contribution is -2.50. The summed E-state index contributed by atoms with van der Waals surface area (Å²) in [7, 11) is 0. The molecule has 0 bridgehead atoms. The summed E-state index contributed by atoms with van der Waals surface area (Å²) in [5.74, 6) is 0.576. The van der Waals surface area contributed by atoms with Gasteiger partial charge in [0, 0.05) is 18.0 Å². The first-order chi connectivity index (χ1) is 14.3. The van der Waals surface area contributed by atoms with E-state index in [-0.39, 0.29) is 11.8 Å². The van der Waals surface area contributed by atoms with Gasteiger partial charge in [-0.3, -0.25) is 9.59 Å². The summed E-state index contributed by atoms with van der Waals surface area (Å²) >= 11 is 1.51. The van der Waals surface area contributed by atoms with E-state index in [1.54, 1.807) is 4.90 Å². The molecule has 5 heteroatoms. The molecule has 0 aliphatic carbocycles. The van der Waals surface area contributed by atoms with E-state index in [1.807, 2.05) is 69.3 Å². The van der Waals surface area contributed by atoms with E-state index >= 15 is 0 Å². The van der Waals surface area contributed by atoms with Crippen molar-refractivity contribution in [1.82, 2.24) is 10.2 Å². The molecule has 2 rings (SSSR count). The molecular formula is C25H34N2O2S. The molecule has 30 heavy (non-hydrogen) atoms. The van der Waals surface area contributed by atoms with Crippen LogP contribution in [0.3, 0.4) is 0 Å². The molecule has 0 saturated heterocycles. The number of thioether (sulfide) groups is 1. The van der Waals surface area contributed by atoms with Crippen LogP contribution in [0.25, 0.3) is 0 Å².